The Bertz CT molecular complexity index is 1320. The van der Waals surface area contributed by atoms with Crippen LogP contribution in [0.3, 0.4) is 0 Å². The lowest BCUT2D eigenvalue weighted by atomic mass is 9.93. The number of aryl methyl sites for hydroxylation is 1. The van der Waals surface area contributed by atoms with Gasteiger partial charge in [-0.05, 0) is 79.8 Å². The molecule has 0 N–H and O–H groups in total. The first-order chi connectivity index (χ1) is 18.3. The van der Waals surface area contributed by atoms with Gasteiger partial charge in [-0.3, -0.25) is 4.79 Å². The van der Waals surface area contributed by atoms with Crippen molar-refractivity contribution >= 4 is 40.7 Å². The lowest BCUT2D eigenvalue weighted by Gasteiger charge is -2.28. The minimum Gasteiger partial charge on any atom is -0.489 e. The number of halogens is 5. The lowest BCUT2D eigenvalue weighted by molar-refractivity contribution is -0.138. The van der Waals surface area contributed by atoms with E-state index in [1.807, 2.05) is 17.0 Å². The molecular formula is C30H28Cl3F2NO2. The van der Waals surface area contributed by atoms with Crippen molar-refractivity contribution in [2.24, 2.45) is 5.41 Å². The summed E-state index contributed by atoms with van der Waals surface area (Å²) in [5.41, 5.74) is 2.76. The van der Waals surface area contributed by atoms with Crippen molar-refractivity contribution in [2.45, 2.75) is 57.5 Å². The maximum Gasteiger partial charge on any atom is 0.229 e. The Labute approximate surface area is 236 Å². The molecule has 5 rings (SSSR count). The highest BCUT2D eigenvalue weighted by Gasteiger charge is 2.53. The summed E-state index contributed by atoms with van der Waals surface area (Å²) in [7, 11) is 0. The molecule has 2 fully saturated rings. The van der Waals surface area contributed by atoms with Crippen LogP contribution in [0.15, 0.2) is 54.6 Å². The molecule has 38 heavy (non-hydrogen) atoms. The first-order valence-corrected chi connectivity index (χ1v) is 14.0. The quantitative estimate of drug-likeness (QED) is 0.169. The molecule has 200 valence electrons. The van der Waals surface area contributed by atoms with E-state index in [1.165, 1.54) is 0 Å². The van der Waals surface area contributed by atoms with E-state index in [0.29, 0.717) is 29.4 Å². The minimum atomic E-state index is -0.709. The highest BCUT2D eigenvalue weighted by molar-refractivity contribution is 6.42. The highest BCUT2D eigenvalue weighted by atomic mass is 35.5. The summed E-state index contributed by atoms with van der Waals surface area (Å²) in [4.78, 5) is 15.7. The third kappa shape index (κ3) is 6.11. The van der Waals surface area contributed by atoms with Crippen molar-refractivity contribution in [3.8, 4) is 5.75 Å². The Hall–Kier alpha value is -2.34. The Morgan fingerprint density at radius 1 is 0.921 bits per heavy atom. The zero-order valence-corrected chi connectivity index (χ0v) is 23.1. The number of ether oxygens (including phenoxy) is 1. The van der Waals surface area contributed by atoms with E-state index >= 15 is 0 Å². The average molecular weight is 579 g/mol. The predicted molar refractivity (Wildman–Crippen MR) is 147 cm³/mol. The second kappa shape index (κ2) is 11.4. The molecule has 3 aromatic carbocycles. The number of hydrogen-bond acceptors (Lipinski definition) is 2. The van der Waals surface area contributed by atoms with Crippen LogP contribution in [0.4, 0.5) is 8.78 Å². The van der Waals surface area contributed by atoms with Gasteiger partial charge in [-0.1, -0.05) is 71.2 Å². The van der Waals surface area contributed by atoms with Crippen molar-refractivity contribution in [2.75, 3.05) is 6.61 Å². The van der Waals surface area contributed by atoms with Crippen molar-refractivity contribution < 1.29 is 18.3 Å². The van der Waals surface area contributed by atoms with Gasteiger partial charge < -0.3 is 9.64 Å². The molecule has 0 aliphatic heterocycles. The van der Waals surface area contributed by atoms with Crippen LogP contribution in [0.25, 0.3) is 0 Å². The number of hydrogen-bond donors (Lipinski definition) is 0. The normalized spacial score (nSPS) is 15.8. The van der Waals surface area contributed by atoms with Crippen LogP contribution in [0, 0.1) is 17.0 Å². The molecule has 0 aromatic heterocycles. The zero-order chi connectivity index (χ0) is 26.9. The Balaban J connectivity index is 1.16. The third-order valence-electron chi connectivity index (χ3n) is 7.35. The van der Waals surface area contributed by atoms with Crippen molar-refractivity contribution in [1.82, 2.24) is 4.90 Å². The number of nitrogens with zero attached hydrogens (tertiary/aromatic N) is 1. The Morgan fingerprint density at radius 3 is 2.29 bits per heavy atom. The Kier molecular flexibility index (Phi) is 8.18. The van der Waals surface area contributed by atoms with E-state index in [-0.39, 0.29) is 34.7 Å². The van der Waals surface area contributed by atoms with Crippen LogP contribution in [0.2, 0.25) is 15.1 Å². The molecule has 2 saturated carbocycles. The van der Waals surface area contributed by atoms with Gasteiger partial charge in [-0.25, -0.2) is 8.78 Å². The van der Waals surface area contributed by atoms with Gasteiger partial charge in [0.15, 0.2) is 11.6 Å². The van der Waals surface area contributed by atoms with E-state index in [0.717, 1.165) is 60.9 Å². The number of carbonyl (C=O) groups is 1. The van der Waals surface area contributed by atoms with Gasteiger partial charge in [0.05, 0.1) is 22.1 Å². The summed E-state index contributed by atoms with van der Waals surface area (Å²) < 4.78 is 32.8. The largest absolute Gasteiger partial charge is 0.489 e. The molecule has 0 heterocycles. The van der Waals surface area contributed by atoms with E-state index in [1.54, 1.807) is 6.07 Å². The van der Waals surface area contributed by atoms with Crippen LogP contribution >= 0.6 is 34.8 Å². The molecule has 0 saturated heterocycles. The van der Waals surface area contributed by atoms with E-state index in [4.69, 9.17) is 39.5 Å². The summed E-state index contributed by atoms with van der Waals surface area (Å²) >= 11 is 18.4. The highest BCUT2D eigenvalue weighted by Crippen LogP contribution is 2.51. The fraction of sp³-hybridized carbons (Fsp3) is 0.367. The molecule has 0 unspecified atom stereocenters. The minimum absolute atomic E-state index is 0.209. The van der Waals surface area contributed by atoms with Crippen LogP contribution in [-0.4, -0.2) is 23.5 Å². The fourth-order valence-electron chi connectivity index (χ4n) is 4.83. The number of benzene rings is 3. The fourth-order valence-corrected chi connectivity index (χ4v) is 5.42. The third-order valence-corrected chi connectivity index (χ3v) is 8.56. The molecule has 0 radical (unpaired) electrons. The zero-order valence-electron chi connectivity index (χ0n) is 20.8. The van der Waals surface area contributed by atoms with Crippen LogP contribution in [-0.2, 0) is 24.2 Å². The molecule has 0 atom stereocenters. The second-order valence-electron chi connectivity index (χ2n) is 10.3. The van der Waals surface area contributed by atoms with E-state index < -0.39 is 11.6 Å². The molecule has 3 nitrogen and oxygen atoms in total. The molecule has 8 heteroatoms. The topological polar surface area (TPSA) is 29.5 Å². The van der Waals surface area contributed by atoms with Gasteiger partial charge in [0.1, 0.15) is 10.8 Å². The van der Waals surface area contributed by atoms with Gasteiger partial charge in [-0.2, -0.15) is 0 Å². The molecule has 2 aliphatic rings. The van der Waals surface area contributed by atoms with Gasteiger partial charge in [0.2, 0.25) is 5.91 Å². The molecule has 0 bridgehead atoms. The van der Waals surface area contributed by atoms with Gasteiger partial charge in [-0.15, -0.1) is 0 Å². The van der Waals surface area contributed by atoms with Crippen LogP contribution in [0.1, 0.15) is 48.8 Å². The molecular weight excluding hydrogens is 551 g/mol. The monoisotopic (exact) mass is 577 g/mol. The maximum atomic E-state index is 13.8. The summed E-state index contributed by atoms with van der Waals surface area (Å²) in [6.45, 7) is 0.698. The summed E-state index contributed by atoms with van der Waals surface area (Å²) in [6, 6.07) is 16.1. The van der Waals surface area contributed by atoms with E-state index in [9.17, 15) is 13.6 Å². The Morgan fingerprint density at radius 2 is 1.61 bits per heavy atom. The van der Waals surface area contributed by atoms with Crippen molar-refractivity contribution in [3.05, 3.63) is 98.0 Å². The maximum absolute atomic E-state index is 13.8. The van der Waals surface area contributed by atoms with Crippen LogP contribution in [0.5, 0.6) is 5.75 Å². The van der Waals surface area contributed by atoms with E-state index in [2.05, 4.69) is 24.3 Å². The lowest BCUT2D eigenvalue weighted by Crippen LogP contribution is -2.39. The first-order valence-electron chi connectivity index (χ1n) is 12.9. The van der Waals surface area contributed by atoms with Crippen LogP contribution < -0.4 is 4.74 Å². The number of carbonyl (C=O) groups excluding carboxylic acids is 1. The summed E-state index contributed by atoms with van der Waals surface area (Å²) in [6.07, 6.45) is 5.87. The molecule has 3 aromatic rings. The number of amides is 1. The standard InChI is InChI=1S/C30H28Cl3F2NO2/c31-23-5-1-4-21(26(23)32)18-36(22-10-11-22)29(37)30(14-15-30)17-20-8-6-19(7-9-20)3-2-16-38-28-25(35)13-12-24(34)27(28)33/h1,4-9,12-13,22H,2-3,10-11,14-18H2. The molecule has 0 spiro atoms. The SMILES string of the molecule is O=C(N(Cc1cccc(Cl)c1Cl)C1CC1)C1(Cc2ccc(CCCOc3c(F)ccc(F)c3Cl)cc2)CC1. The second-order valence-corrected chi connectivity index (χ2v) is 11.4. The van der Waals surface area contributed by atoms with Gasteiger partial charge in [0, 0.05) is 12.6 Å². The van der Waals surface area contributed by atoms with Crippen molar-refractivity contribution in [3.63, 3.8) is 0 Å². The van der Waals surface area contributed by atoms with Gasteiger partial charge >= 0.3 is 0 Å². The summed E-state index contributed by atoms with van der Waals surface area (Å²) in [5.74, 6) is -1.43. The molecule has 1 amide bonds. The summed E-state index contributed by atoms with van der Waals surface area (Å²) in [5, 5.41) is 0.682. The number of rotatable bonds is 11. The van der Waals surface area contributed by atoms with Crippen molar-refractivity contribution in [1.29, 1.82) is 0 Å². The van der Waals surface area contributed by atoms with Gasteiger partial charge in [0.25, 0.3) is 0 Å². The molecule has 2 aliphatic carbocycles. The smallest absolute Gasteiger partial charge is 0.229 e. The average Bonchev–Trinajstić information content (AvgIpc) is 3.84. The first kappa shape index (κ1) is 27.2. The predicted octanol–water partition coefficient (Wildman–Crippen LogP) is 8.45.